The molecule has 0 aliphatic carbocycles. The van der Waals surface area contributed by atoms with E-state index >= 15 is 0 Å². The molecule has 3 rings (SSSR count). The van der Waals surface area contributed by atoms with Gasteiger partial charge in [0.15, 0.2) is 11.5 Å². The maximum atomic E-state index is 11.8. The minimum atomic E-state index is -0.513. The molecule has 0 aromatic heterocycles. The Morgan fingerprint density at radius 3 is 2.83 bits per heavy atom. The van der Waals surface area contributed by atoms with E-state index in [2.05, 4.69) is 5.32 Å². The van der Waals surface area contributed by atoms with Gasteiger partial charge in [0, 0.05) is 18.2 Å². The fourth-order valence-corrected chi connectivity index (χ4v) is 1.97. The molecule has 6 heteroatoms. The van der Waals surface area contributed by atoms with E-state index in [1.54, 1.807) is 18.2 Å². The molecule has 1 fully saturated rings. The molecule has 1 saturated heterocycles. The molecule has 0 unspecified atom stereocenters. The monoisotopic (exact) mass is 250 g/mol. The SMILES string of the molecule is NC1(CC(=O)Nc2ccc3c(c2)OCO3)COC1. The van der Waals surface area contributed by atoms with Gasteiger partial charge in [-0.1, -0.05) is 0 Å². The van der Waals surface area contributed by atoms with Gasteiger partial charge in [-0.05, 0) is 12.1 Å². The van der Waals surface area contributed by atoms with Crippen molar-refractivity contribution in [3.05, 3.63) is 18.2 Å². The Morgan fingerprint density at radius 1 is 1.33 bits per heavy atom. The standard InChI is InChI=1S/C12H14N2O4/c13-12(5-16-6-12)4-11(15)14-8-1-2-9-10(3-8)18-7-17-9/h1-3H,4-7,13H2,(H,14,15). The van der Waals surface area contributed by atoms with E-state index < -0.39 is 5.54 Å². The van der Waals surface area contributed by atoms with Gasteiger partial charge in [0.1, 0.15) is 0 Å². The van der Waals surface area contributed by atoms with Crippen LogP contribution in [0.2, 0.25) is 0 Å². The zero-order valence-corrected chi connectivity index (χ0v) is 9.77. The predicted molar refractivity (Wildman–Crippen MR) is 63.5 cm³/mol. The van der Waals surface area contributed by atoms with Crippen LogP contribution in [0.25, 0.3) is 0 Å². The van der Waals surface area contributed by atoms with Gasteiger partial charge in [-0.25, -0.2) is 0 Å². The van der Waals surface area contributed by atoms with Crippen molar-refractivity contribution in [3.63, 3.8) is 0 Å². The zero-order valence-electron chi connectivity index (χ0n) is 9.77. The molecule has 0 saturated carbocycles. The molecule has 2 heterocycles. The Balaban J connectivity index is 1.63. The molecule has 0 radical (unpaired) electrons. The number of nitrogens with two attached hydrogens (primary N) is 1. The van der Waals surface area contributed by atoms with Crippen molar-refractivity contribution in [1.82, 2.24) is 0 Å². The van der Waals surface area contributed by atoms with Crippen molar-refractivity contribution < 1.29 is 19.0 Å². The minimum absolute atomic E-state index is 0.125. The lowest BCUT2D eigenvalue weighted by atomic mass is 9.94. The third-order valence-electron chi connectivity index (χ3n) is 2.95. The second kappa shape index (κ2) is 4.15. The second-order valence-electron chi connectivity index (χ2n) is 4.65. The summed E-state index contributed by atoms with van der Waals surface area (Å²) in [5.74, 6) is 1.21. The summed E-state index contributed by atoms with van der Waals surface area (Å²) in [7, 11) is 0. The van der Waals surface area contributed by atoms with E-state index in [0.717, 1.165) is 0 Å². The number of anilines is 1. The number of hydrogen-bond donors (Lipinski definition) is 2. The van der Waals surface area contributed by atoms with E-state index in [9.17, 15) is 4.79 Å². The molecule has 18 heavy (non-hydrogen) atoms. The van der Waals surface area contributed by atoms with Crippen molar-refractivity contribution >= 4 is 11.6 Å². The van der Waals surface area contributed by atoms with Gasteiger partial charge in [0.2, 0.25) is 12.7 Å². The zero-order chi connectivity index (χ0) is 12.6. The van der Waals surface area contributed by atoms with Crippen LogP contribution in [0, 0.1) is 0 Å². The molecule has 96 valence electrons. The second-order valence-corrected chi connectivity index (χ2v) is 4.65. The summed E-state index contributed by atoms with van der Waals surface area (Å²) >= 11 is 0. The maximum Gasteiger partial charge on any atom is 0.231 e. The van der Waals surface area contributed by atoms with Crippen LogP contribution in [-0.4, -0.2) is 31.5 Å². The van der Waals surface area contributed by atoms with Crippen LogP contribution in [0.3, 0.4) is 0 Å². The molecule has 0 atom stereocenters. The van der Waals surface area contributed by atoms with Crippen LogP contribution in [0.15, 0.2) is 18.2 Å². The highest BCUT2D eigenvalue weighted by molar-refractivity contribution is 5.92. The number of benzene rings is 1. The first-order chi connectivity index (χ1) is 8.65. The number of hydrogen-bond acceptors (Lipinski definition) is 5. The third kappa shape index (κ3) is 2.12. The van der Waals surface area contributed by atoms with Gasteiger partial charge in [0.05, 0.1) is 18.8 Å². The average molecular weight is 250 g/mol. The van der Waals surface area contributed by atoms with Crippen molar-refractivity contribution in [1.29, 1.82) is 0 Å². The smallest absolute Gasteiger partial charge is 0.231 e. The highest BCUT2D eigenvalue weighted by Gasteiger charge is 2.36. The Hall–Kier alpha value is -1.79. The van der Waals surface area contributed by atoms with Crippen LogP contribution >= 0.6 is 0 Å². The number of nitrogens with one attached hydrogen (secondary N) is 1. The first-order valence-corrected chi connectivity index (χ1v) is 5.71. The summed E-state index contributed by atoms with van der Waals surface area (Å²) in [5.41, 5.74) is 6.08. The first-order valence-electron chi connectivity index (χ1n) is 5.71. The number of carbonyl (C=O) groups excluding carboxylic acids is 1. The third-order valence-corrected chi connectivity index (χ3v) is 2.95. The van der Waals surface area contributed by atoms with Crippen LogP contribution in [-0.2, 0) is 9.53 Å². The molecule has 0 bridgehead atoms. The fourth-order valence-electron chi connectivity index (χ4n) is 1.97. The van der Waals surface area contributed by atoms with Crippen molar-refractivity contribution in [2.45, 2.75) is 12.0 Å². The van der Waals surface area contributed by atoms with Gasteiger partial charge in [-0.3, -0.25) is 4.79 Å². The quantitative estimate of drug-likeness (QED) is 0.815. The van der Waals surface area contributed by atoms with Gasteiger partial charge in [0.25, 0.3) is 0 Å². The number of ether oxygens (including phenoxy) is 3. The van der Waals surface area contributed by atoms with E-state index in [1.807, 2.05) is 0 Å². The highest BCUT2D eigenvalue weighted by atomic mass is 16.7. The van der Waals surface area contributed by atoms with Crippen molar-refractivity contribution in [2.75, 3.05) is 25.3 Å². The summed E-state index contributed by atoms with van der Waals surface area (Å²) in [6, 6.07) is 5.27. The Morgan fingerprint density at radius 2 is 2.11 bits per heavy atom. The molecule has 6 nitrogen and oxygen atoms in total. The largest absolute Gasteiger partial charge is 0.454 e. The summed E-state index contributed by atoms with van der Waals surface area (Å²) in [6.07, 6.45) is 0.251. The minimum Gasteiger partial charge on any atom is -0.454 e. The van der Waals surface area contributed by atoms with Crippen LogP contribution in [0.4, 0.5) is 5.69 Å². The van der Waals surface area contributed by atoms with Gasteiger partial charge in [-0.15, -0.1) is 0 Å². The average Bonchev–Trinajstić information content (AvgIpc) is 2.74. The molecular formula is C12H14N2O4. The van der Waals surface area contributed by atoms with Gasteiger partial charge < -0.3 is 25.3 Å². The number of fused-ring (bicyclic) bond motifs is 1. The van der Waals surface area contributed by atoms with Crippen LogP contribution in [0.1, 0.15) is 6.42 Å². The van der Waals surface area contributed by atoms with Crippen LogP contribution in [0.5, 0.6) is 11.5 Å². The molecule has 2 aliphatic rings. The molecule has 1 aromatic rings. The molecular weight excluding hydrogens is 236 g/mol. The summed E-state index contributed by atoms with van der Waals surface area (Å²) in [6.45, 7) is 1.08. The van der Waals surface area contributed by atoms with E-state index in [4.69, 9.17) is 19.9 Å². The van der Waals surface area contributed by atoms with Crippen molar-refractivity contribution in [3.8, 4) is 11.5 Å². The Labute approximate surface area is 104 Å². The molecule has 0 spiro atoms. The normalized spacial score (nSPS) is 19.2. The lowest BCUT2D eigenvalue weighted by molar-refractivity contribution is -0.123. The summed E-state index contributed by atoms with van der Waals surface area (Å²) in [5, 5.41) is 2.79. The lowest BCUT2D eigenvalue weighted by Crippen LogP contribution is -2.58. The maximum absolute atomic E-state index is 11.8. The Kier molecular flexibility index (Phi) is 2.61. The predicted octanol–water partition coefficient (Wildman–Crippen LogP) is 0.472. The summed E-state index contributed by atoms with van der Waals surface area (Å²) in [4.78, 5) is 11.8. The number of amides is 1. The topological polar surface area (TPSA) is 82.8 Å². The molecule has 1 amide bonds. The molecule has 1 aromatic carbocycles. The Bertz CT molecular complexity index is 485. The van der Waals surface area contributed by atoms with Gasteiger partial charge in [-0.2, -0.15) is 0 Å². The highest BCUT2D eigenvalue weighted by Crippen LogP contribution is 2.34. The lowest BCUT2D eigenvalue weighted by Gasteiger charge is -2.37. The van der Waals surface area contributed by atoms with Gasteiger partial charge >= 0.3 is 0 Å². The number of rotatable bonds is 3. The van der Waals surface area contributed by atoms with Crippen LogP contribution < -0.4 is 20.5 Å². The molecule has 3 N–H and O–H groups in total. The van der Waals surface area contributed by atoms with E-state index in [0.29, 0.717) is 30.4 Å². The number of carbonyl (C=O) groups is 1. The van der Waals surface area contributed by atoms with Crippen molar-refractivity contribution in [2.24, 2.45) is 5.73 Å². The first kappa shape index (κ1) is 11.3. The molecule has 2 aliphatic heterocycles. The fraction of sp³-hybridized carbons (Fsp3) is 0.417. The summed E-state index contributed by atoms with van der Waals surface area (Å²) < 4.78 is 15.4. The van der Waals surface area contributed by atoms with E-state index in [1.165, 1.54) is 0 Å². The van der Waals surface area contributed by atoms with E-state index in [-0.39, 0.29) is 19.1 Å².